The molecule has 0 radical (unpaired) electrons. The molecule has 3 heterocycles. The molecule has 1 aliphatic heterocycles. The maximum absolute atomic E-state index is 5.73. The van der Waals surface area contributed by atoms with Crippen LogP contribution < -0.4 is 15.4 Å². The van der Waals surface area contributed by atoms with E-state index in [0.717, 1.165) is 19.5 Å². The van der Waals surface area contributed by atoms with Crippen LogP contribution in [0, 0.1) is 0 Å². The van der Waals surface area contributed by atoms with Gasteiger partial charge >= 0.3 is 6.01 Å². The molecule has 8 heteroatoms. The number of hydrogen-bond acceptors (Lipinski definition) is 8. The van der Waals surface area contributed by atoms with Crippen LogP contribution in [0.5, 0.6) is 6.01 Å². The lowest BCUT2D eigenvalue weighted by Gasteiger charge is -2.26. The van der Waals surface area contributed by atoms with Gasteiger partial charge in [0.05, 0.1) is 19.8 Å². The normalized spacial score (nSPS) is 15.1. The fourth-order valence-electron chi connectivity index (χ4n) is 2.03. The van der Waals surface area contributed by atoms with E-state index in [1.54, 1.807) is 11.3 Å². The minimum atomic E-state index is 0.178. The van der Waals surface area contributed by atoms with Crippen molar-refractivity contribution in [2.75, 3.05) is 43.5 Å². The van der Waals surface area contributed by atoms with E-state index >= 15 is 0 Å². The standard InChI is InChI=1S/C13H17N5O2S/c14-11-15-12(18-4-7-19-8-5-18)17-13(16-11)20-6-3-10-2-1-9-21-10/h1-2,9H,3-8H2,(H2,14,15,16,17). The first-order chi connectivity index (χ1) is 10.3. The van der Waals surface area contributed by atoms with Crippen molar-refractivity contribution < 1.29 is 9.47 Å². The molecule has 0 bridgehead atoms. The Kier molecular flexibility index (Phi) is 4.46. The highest BCUT2D eigenvalue weighted by Crippen LogP contribution is 2.15. The van der Waals surface area contributed by atoms with Crippen molar-refractivity contribution in [2.45, 2.75) is 6.42 Å². The molecule has 0 aromatic carbocycles. The zero-order valence-corrected chi connectivity index (χ0v) is 12.4. The Morgan fingerprint density at radius 1 is 1.29 bits per heavy atom. The van der Waals surface area contributed by atoms with Gasteiger partial charge < -0.3 is 20.1 Å². The van der Waals surface area contributed by atoms with E-state index in [9.17, 15) is 0 Å². The van der Waals surface area contributed by atoms with Gasteiger partial charge in [0.1, 0.15) is 0 Å². The maximum atomic E-state index is 5.73. The Hall–Kier alpha value is -1.93. The van der Waals surface area contributed by atoms with Gasteiger partial charge in [0.2, 0.25) is 11.9 Å². The lowest BCUT2D eigenvalue weighted by atomic mass is 10.4. The summed E-state index contributed by atoms with van der Waals surface area (Å²) in [4.78, 5) is 15.8. The minimum absolute atomic E-state index is 0.178. The van der Waals surface area contributed by atoms with Gasteiger partial charge in [-0.05, 0) is 11.4 Å². The summed E-state index contributed by atoms with van der Waals surface area (Å²) in [5.74, 6) is 0.731. The van der Waals surface area contributed by atoms with Crippen LogP contribution in [0.4, 0.5) is 11.9 Å². The van der Waals surface area contributed by atoms with E-state index in [1.165, 1.54) is 4.88 Å². The predicted octanol–water partition coefficient (Wildman–Crippen LogP) is 0.973. The monoisotopic (exact) mass is 307 g/mol. The summed E-state index contributed by atoms with van der Waals surface area (Å²) < 4.78 is 10.9. The second-order valence-electron chi connectivity index (χ2n) is 4.55. The number of nitrogens with two attached hydrogens (primary N) is 1. The van der Waals surface area contributed by atoms with Crippen molar-refractivity contribution >= 4 is 23.2 Å². The third kappa shape index (κ3) is 3.79. The van der Waals surface area contributed by atoms with Gasteiger partial charge in [0, 0.05) is 24.4 Å². The van der Waals surface area contributed by atoms with Gasteiger partial charge in [-0.2, -0.15) is 15.0 Å². The van der Waals surface area contributed by atoms with Gasteiger partial charge in [0.15, 0.2) is 0 Å². The van der Waals surface area contributed by atoms with Crippen LogP contribution in [0.2, 0.25) is 0 Å². The predicted molar refractivity (Wildman–Crippen MR) is 80.8 cm³/mol. The number of hydrogen-bond donors (Lipinski definition) is 1. The molecule has 1 aliphatic rings. The molecule has 7 nitrogen and oxygen atoms in total. The van der Waals surface area contributed by atoms with Crippen molar-refractivity contribution in [1.82, 2.24) is 15.0 Å². The lowest BCUT2D eigenvalue weighted by Crippen LogP contribution is -2.37. The molecule has 0 amide bonds. The lowest BCUT2D eigenvalue weighted by molar-refractivity contribution is 0.122. The summed E-state index contributed by atoms with van der Waals surface area (Å²) in [6, 6.07) is 4.38. The molecule has 3 rings (SSSR count). The fraction of sp³-hybridized carbons (Fsp3) is 0.462. The molecule has 2 N–H and O–H groups in total. The zero-order chi connectivity index (χ0) is 14.5. The topological polar surface area (TPSA) is 86.4 Å². The molecule has 2 aromatic heterocycles. The SMILES string of the molecule is Nc1nc(OCCc2cccs2)nc(N2CCOCC2)n1. The second-order valence-corrected chi connectivity index (χ2v) is 5.59. The third-order valence-electron chi connectivity index (χ3n) is 3.07. The highest BCUT2D eigenvalue weighted by atomic mass is 32.1. The smallest absolute Gasteiger partial charge is 0.323 e. The first-order valence-corrected chi connectivity index (χ1v) is 7.68. The Morgan fingerprint density at radius 3 is 2.90 bits per heavy atom. The summed E-state index contributed by atoms with van der Waals surface area (Å²) in [6.45, 7) is 3.35. The molecule has 0 unspecified atom stereocenters. The average molecular weight is 307 g/mol. The Bertz CT molecular complexity index is 572. The number of morpholine rings is 1. The average Bonchev–Trinajstić information content (AvgIpc) is 3.01. The highest BCUT2D eigenvalue weighted by Gasteiger charge is 2.16. The molecule has 0 aliphatic carbocycles. The summed E-state index contributed by atoms with van der Waals surface area (Å²) in [5, 5.41) is 2.05. The molecule has 0 spiro atoms. The van der Waals surface area contributed by atoms with Crippen LogP contribution in [0.1, 0.15) is 4.88 Å². The van der Waals surface area contributed by atoms with Crippen molar-refractivity contribution in [3.05, 3.63) is 22.4 Å². The molecule has 2 aromatic rings. The largest absolute Gasteiger partial charge is 0.463 e. The number of rotatable bonds is 5. The first kappa shape index (κ1) is 14.0. The van der Waals surface area contributed by atoms with E-state index in [0.29, 0.717) is 25.8 Å². The molecule has 1 fully saturated rings. The number of nitrogen functional groups attached to an aromatic ring is 1. The van der Waals surface area contributed by atoms with E-state index in [2.05, 4.69) is 21.0 Å². The Balaban J connectivity index is 1.63. The number of ether oxygens (including phenoxy) is 2. The summed E-state index contributed by atoms with van der Waals surface area (Å²) in [6.07, 6.45) is 0.830. The van der Waals surface area contributed by atoms with Crippen molar-refractivity contribution in [3.63, 3.8) is 0 Å². The van der Waals surface area contributed by atoms with E-state index in [4.69, 9.17) is 15.2 Å². The molecular weight excluding hydrogens is 290 g/mol. The Morgan fingerprint density at radius 2 is 2.14 bits per heavy atom. The van der Waals surface area contributed by atoms with Gasteiger partial charge in [-0.3, -0.25) is 0 Å². The summed E-state index contributed by atoms with van der Waals surface area (Å²) in [5.41, 5.74) is 5.73. The van der Waals surface area contributed by atoms with E-state index in [1.807, 2.05) is 16.3 Å². The van der Waals surface area contributed by atoms with Crippen LogP contribution >= 0.6 is 11.3 Å². The highest BCUT2D eigenvalue weighted by molar-refractivity contribution is 7.09. The fourth-order valence-corrected chi connectivity index (χ4v) is 2.72. The summed E-state index contributed by atoms with van der Waals surface area (Å²) in [7, 11) is 0. The number of thiophene rings is 1. The molecular formula is C13H17N5O2S. The number of aromatic nitrogens is 3. The van der Waals surface area contributed by atoms with Gasteiger partial charge in [0.25, 0.3) is 0 Å². The second kappa shape index (κ2) is 6.68. The van der Waals surface area contributed by atoms with Crippen LogP contribution in [-0.4, -0.2) is 47.9 Å². The molecule has 0 saturated carbocycles. The molecule has 0 atom stereocenters. The Labute approximate surface area is 126 Å². The maximum Gasteiger partial charge on any atom is 0.323 e. The van der Waals surface area contributed by atoms with Crippen molar-refractivity contribution in [3.8, 4) is 6.01 Å². The van der Waals surface area contributed by atoms with E-state index < -0.39 is 0 Å². The zero-order valence-electron chi connectivity index (χ0n) is 11.6. The van der Waals surface area contributed by atoms with Crippen LogP contribution in [0.25, 0.3) is 0 Å². The summed E-state index contributed by atoms with van der Waals surface area (Å²) >= 11 is 1.71. The van der Waals surface area contributed by atoms with Gasteiger partial charge in [-0.1, -0.05) is 6.07 Å². The van der Waals surface area contributed by atoms with Gasteiger partial charge in [-0.25, -0.2) is 0 Å². The van der Waals surface area contributed by atoms with Crippen molar-refractivity contribution in [2.24, 2.45) is 0 Å². The minimum Gasteiger partial charge on any atom is -0.463 e. The van der Waals surface area contributed by atoms with E-state index in [-0.39, 0.29) is 12.0 Å². The quantitative estimate of drug-likeness (QED) is 0.881. The molecule has 112 valence electrons. The third-order valence-corrected chi connectivity index (χ3v) is 4.01. The van der Waals surface area contributed by atoms with Crippen LogP contribution in [0.15, 0.2) is 17.5 Å². The molecule has 21 heavy (non-hydrogen) atoms. The van der Waals surface area contributed by atoms with Crippen LogP contribution in [-0.2, 0) is 11.2 Å². The van der Waals surface area contributed by atoms with Crippen LogP contribution in [0.3, 0.4) is 0 Å². The number of nitrogens with zero attached hydrogens (tertiary/aromatic N) is 4. The molecule has 1 saturated heterocycles. The van der Waals surface area contributed by atoms with Crippen molar-refractivity contribution in [1.29, 1.82) is 0 Å². The first-order valence-electron chi connectivity index (χ1n) is 6.81. The van der Waals surface area contributed by atoms with Gasteiger partial charge in [-0.15, -0.1) is 11.3 Å². The number of anilines is 2.